The summed E-state index contributed by atoms with van der Waals surface area (Å²) in [5, 5.41) is 0. The van der Waals surface area contributed by atoms with Crippen LogP contribution in [0.5, 0.6) is 17.2 Å². The monoisotopic (exact) mass is 500 g/mol. The molecular formula is C31H32O4S. The third-order valence-corrected chi connectivity index (χ3v) is 8.64. The van der Waals surface area contributed by atoms with Gasteiger partial charge in [-0.05, 0) is 103 Å². The van der Waals surface area contributed by atoms with Crippen LogP contribution in [0.1, 0.15) is 41.7 Å². The van der Waals surface area contributed by atoms with Gasteiger partial charge in [-0.15, -0.1) is 0 Å². The molecule has 0 N–H and O–H groups in total. The van der Waals surface area contributed by atoms with Gasteiger partial charge in [0.25, 0.3) is 0 Å². The molecule has 5 heteroatoms. The highest BCUT2D eigenvalue weighted by atomic mass is 32.2. The Morgan fingerprint density at radius 1 is 0.611 bits per heavy atom. The predicted molar refractivity (Wildman–Crippen MR) is 144 cm³/mol. The lowest BCUT2D eigenvalue weighted by molar-refractivity contribution is 0.414. The van der Waals surface area contributed by atoms with Crippen LogP contribution in [-0.4, -0.2) is 15.5 Å². The number of rotatable bonds is 7. The maximum absolute atomic E-state index is 13.0. The van der Waals surface area contributed by atoms with Gasteiger partial charge in [-0.25, -0.2) is 8.42 Å². The Morgan fingerprint density at radius 3 is 1.61 bits per heavy atom. The summed E-state index contributed by atoms with van der Waals surface area (Å²) in [6.07, 6.45) is 0. The average molecular weight is 501 g/mol. The van der Waals surface area contributed by atoms with Gasteiger partial charge in [-0.1, -0.05) is 44.2 Å². The van der Waals surface area contributed by atoms with Crippen LogP contribution in [0.25, 0.3) is 0 Å². The van der Waals surface area contributed by atoms with Crippen LogP contribution >= 0.6 is 0 Å². The van der Waals surface area contributed by atoms with Crippen LogP contribution in [0.4, 0.5) is 0 Å². The number of hydrogen-bond acceptors (Lipinski definition) is 4. The van der Waals surface area contributed by atoms with Crippen molar-refractivity contribution in [1.82, 2.24) is 0 Å². The van der Waals surface area contributed by atoms with Gasteiger partial charge in [0.05, 0.1) is 16.9 Å². The zero-order valence-corrected chi connectivity index (χ0v) is 22.4. The van der Waals surface area contributed by atoms with E-state index in [-0.39, 0.29) is 15.2 Å². The molecule has 36 heavy (non-hydrogen) atoms. The van der Waals surface area contributed by atoms with Gasteiger partial charge in [0.1, 0.15) is 17.2 Å². The molecular weight excluding hydrogens is 468 g/mol. The molecule has 0 bridgehead atoms. The lowest BCUT2D eigenvalue weighted by Gasteiger charge is -2.27. The molecule has 186 valence electrons. The summed E-state index contributed by atoms with van der Waals surface area (Å²) in [6.45, 7) is 10.8. The molecule has 0 aliphatic heterocycles. The zero-order chi connectivity index (χ0) is 26.1. The van der Waals surface area contributed by atoms with E-state index in [4.69, 9.17) is 9.47 Å². The molecule has 0 saturated carbocycles. The SMILES string of the molecule is COc1ccc(S(=O)(=O)c2ccc(Oc3ccc(C(C)(C)c4ccc(C)c(C)c4)cc3C)cc2)cc1. The Morgan fingerprint density at radius 2 is 1.11 bits per heavy atom. The van der Waals surface area contributed by atoms with Crippen molar-refractivity contribution in [3.8, 4) is 17.2 Å². The molecule has 0 aliphatic carbocycles. The first kappa shape index (κ1) is 25.5. The minimum absolute atomic E-state index is 0.154. The fourth-order valence-corrected chi connectivity index (χ4v) is 5.42. The van der Waals surface area contributed by atoms with E-state index in [0.29, 0.717) is 11.5 Å². The number of hydrogen-bond donors (Lipinski definition) is 0. The maximum Gasteiger partial charge on any atom is 0.206 e. The standard InChI is InChI=1S/C31H32O4S/c1-21-7-8-24(19-22(21)2)31(4,5)25-9-18-30(23(3)20-25)35-27-12-16-29(17-13-27)36(32,33)28-14-10-26(34-6)11-15-28/h7-20H,1-6H3. The number of benzene rings is 4. The molecule has 0 saturated heterocycles. The topological polar surface area (TPSA) is 52.6 Å². The predicted octanol–water partition coefficient (Wildman–Crippen LogP) is 7.57. The van der Waals surface area contributed by atoms with E-state index in [2.05, 4.69) is 58.0 Å². The minimum atomic E-state index is -3.63. The summed E-state index contributed by atoms with van der Waals surface area (Å²) in [5.74, 6) is 1.92. The first-order chi connectivity index (χ1) is 17.0. The van der Waals surface area contributed by atoms with E-state index in [1.54, 1.807) is 55.6 Å². The lowest BCUT2D eigenvalue weighted by atomic mass is 9.77. The molecule has 4 nitrogen and oxygen atoms in total. The second kappa shape index (κ2) is 9.82. The summed E-state index contributed by atoms with van der Waals surface area (Å²) < 4.78 is 37.2. The Bertz CT molecular complexity index is 1480. The summed E-state index contributed by atoms with van der Waals surface area (Å²) in [7, 11) is -2.08. The molecule has 4 aromatic carbocycles. The van der Waals surface area contributed by atoms with E-state index < -0.39 is 9.84 Å². The molecule has 0 aliphatic rings. The number of ether oxygens (including phenoxy) is 2. The van der Waals surface area contributed by atoms with Crippen molar-refractivity contribution in [3.05, 3.63) is 113 Å². The second-order valence-corrected chi connectivity index (χ2v) is 11.6. The first-order valence-corrected chi connectivity index (χ1v) is 13.4. The largest absolute Gasteiger partial charge is 0.497 e. The molecule has 0 radical (unpaired) electrons. The van der Waals surface area contributed by atoms with Crippen molar-refractivity contribution >= 4 is 9.84 Å². The van der Waals surface area contributed by atoms with Gasteiger partial charge < -0.3 is 9.47 Å². The van der Waals surface area contributed by atoms with Gasteiger partial charge in [0.15, 0.2) is 0 Å². The summed E-state index contributed by atoms with van der Waals surface area (Å²) in [5.41, 5.74) is 5.91. The van der Waals surface area contributed by atoms with Crippen LogP contribution in [0.2, 0.25) is 0 Å². The Balaban J connectivity index is 1.54. The van der Waals surface area contributed by atoms with E-state index in [1.165, 1.54) is 22.3 Å². The molecule has 0 atom stereocenters. The highest BCUT2D eigenvalue weighted by Gasteiger charge is 2.24. The van der Waals surface area contributed by atoms with E-state index in [1.807, 2.05) is 13.0 Å². The third kappa shape index (κ3) is 5.02. The summed E-state index contributed by atoms with van der Waals surface area (Å²) in [4.78, 5) is 0.428. The van der Waals surface area contributed by atoms with Gasteiger partial charge in [0, 0.05) is 5.41 Å². The van der Waals surface area contributed by atoms with Crippen molar-refractivity contribution < 1.29 is 17.9 Å². The third-order valence-electron chi connectivity index (χ3n) is 6.86. The van der Waals surface area contributed by atoms with Crippen LogP contribution in [-0.2, 0) is 15.3 Å². The molecule has 4 aromatic rings. The van der Waals surface area contributed by atoms with Gasteiger partial charge >= 0.3 is 0 Å². The zero-order valence-electron chi connectivity index (χ0n) is 21.6. The van der Waals surface area contributed by atoms with Crippen molar-refractivity contribution in [1.29, 1.82) is 0 Å². The van der Waals surface area contributed by atoms with Crippen LogP contribution in [0.3, 0.4) is 0 Å². The maximum atomic E-state index is 13.0. The highest BCUT2D eigenvalue weighted by Crippen LogP contribution is 2.36. The Labute approximate surface area is 214 Å². The van der Waals surface area contributed by atoms with Crippen molar-refractivity contribution in [3.63, 3.8) is 0 Å². The first-order valence-electron chi connectivity index (χ1n) is 11.9. The smallest absolute Gasteiger partial charge is 0.206 e. The molecule has 0 fully saturated rings. The normalized spacial score (nSPS) is 11.8. The lowest BCUT2D eigenvalue weighted by Crippen LogP contribution is -2.19. The van der Waals surface area contributed by atoms with Gasteiger partial charge in [-0.2, -0.15) is 0 Å². The van der Waals surface area contributed by atoms with Gasteiger partial charge in [-0.3, -0.25) is 0 Å². The number of methoxy groups -OCH3 is 1. The van der Waals surface area contributed by atoms with Crippen molar-refractivity contribution in [2.45, 2.75) is 49.8 Å². The second-order valence-electron chi connectivity index (χ2n) is 9.66. The molecule has 0 spiro atoms. The van der Waals surface area contributed by atoms with Crippen molar-refractivity contribution in [2.24, 2.45) is 0 Å². The summed E-state index contributed by atoms with van der Waals surface area (Å²) >= 11 is 0. The molecule has 4 rings (SSSR count). The van der Waals surface area contributed by atoms with E-state index in [9.17, 15) is 8.42 Å². The molecule has 0 aromatic heterocycles. The minimum Gasteiger partial charge on any atom is -0.497 e. The van der Waals surface area contributed by atoms with Gasteiger partial charge in [0.2, 0.25) is 9.84 Å². The highest BCUT2D eigenvalue weighted by molar-refractivity contribution is 7.91. The van der Waals surface area contributed by atoms with E-state index >= 15 is 0 Å². The van der Waals surface area contributed by atoms with Crippen LogP contribution < -0.4 is 9.47 Å². The average Bonchev–Trinajstić information content (AvgIpc) is 2.87. The Kier molecular flexibility index (Phi) is 6.96. The van der Waals surface area contributed by atoms with E-state index in [0.717, 1.165) is 11.3 Å². The number of aryl methyl sites for hydroxylation is 3. The fraction of sp³-hybridized carbons (Fsp3) is 0.226. The van der Waals surface area contributed by atoms with Crippen LogP contribution in [0, 0.1) is 20.8 Å². The molecule has 0 amide bonds. The van der Waals surface area contributed by atoms with Crippen molar-refractivity contribution in [2.75, 3.05) is 7.11 Å². The molecule has 0 unspecified atom stereocenters. The number of sulfone groups is 1. The summed E-state index contributed by atoms with van der Waals surface area (Å²) in [6, 6.07) is 25.7. The molecule has 0 heterocycles. The fourth-order valence-electron chi connectivity index (χ4n) is 4.15. The quantitative estimate of drug-likeness (QED) is 0.263. The van der Waals surface area contributed by atoms with Crippen LogP contribution in [0.15, 0.2) is 94.7 Å². The Hall–Kier alpha value is -3.57.